The van der Waals surface area contributed by atoms with E-state index in [2.05, 4.69) is 13.0 Å². The third kappa shape index (κ3) is 1.29. The van der Waals surface area contributed by atoms with Crippen molar-refractivity contribution < 1.29 is 10.2 Å². The summed E-state index contributed by atoms with van der Waals surface area (Å²) in [7, 11) is 0. The van der Waals surface area contributed by atoms with Crippen molar-refractivity contribution in [2.45, 2.75) is 69.8 Å². The minimum absolute atomic E-state index is 0.148. The van der Waals surface area contributed by atoms with E-state index in [1.807, 2.05) is 12.1 Å². The first-order valence-corrected chi connectivity index (χ1v) is 9.03. The molecule has 4 aliphatic carbocycles. The van der Waals surface area contributed by atoms with Gasteiger partial charge in [-0.15, -0.1) is 0 Å². The number of aromatic hydroxyl groups is 1. The fourth-order valence-corrected chi connectivity index (χ4v) is 7.30. The third-order valence-corrected chi connectivity index (χ3v) is 8.50. The molecule has 0 radical (unpaired) electrons. The minimum atomic E-state index is -0.382. The summed E-state index contributed by atoms with van der Waals surface area (Å²) in [5, 5.41) is 21.0. The number of phenols is 1. The Hall–Kier alpha value is -1.02. The van der Waals surface area contributed by atoms with Crippen LogP contribution in [0.4, 0.5) is 0 Å². The molecule has 2 N–H and O–H groups in total. The Morgan fingerprint density at radius 2 is 1.82 bits per heavy atom. The average Bonchev–Trinajstić information content (AvgIpc) is 2.88. The Balaban J connectivity index is 1.62. The number of hydrogen-bond donors (Lipinski definition) is 2. The number of phenolic OH excluding ortho intramolecular Hbond substituents is 1. The molecule has 5 rings (SSSR count). The van der Waals surface area contributed by atoms with Crippen molar-refractivity contribution in [2.75, 3.05) is 0 Å². The van der Waals surface area contributed by atoms with Crippen LogP contribution in [0.15, 0.2) is 18.2 Å². The number of fused-ring (bicyclic) bond motifs is 3. The molecule has 2 bridgehead atoms. The molecule has 0 spiro atoms. The molecule has 0 amide bonds. The van der Waals surface area contributed by atoms with Gasteiger partial charge in [-0.1, -0.05) is 13.0 Å². The summed E-state index contributed by atoms with van der Waals surface area (Å²) in [4.78, 5) is 0. The van der Waals surface area contributed by atoms with E-state index in [-0.39, 0.29) is 11.0 Å². The predicted molar refractivity (Wildman–Crippen MR) is 85.9 cm³/mol. The normalized spacial score (nSPS) is 48.6. The lowest BCUT2D eigenvalue weighted by Crippen LogP contribution is -2.51. The van der Waals surface area contributed by atoms with E-state index < -0.39 is 0 Å². The van der Waals surface area contributed by atoms with Crippen LogP contribution in [0.3, 0.4) is 0 Å². The first-order valence-electron chi connectivity index (χ1n) is 9.03. The first-order chi connectivity index (χ1) is 10.5. The second kappa shape index (κ2) is 3.90. The van der Waals surface area contributed by atoms with Crippen LogP contribution in [0.25, 0.3) is 0 Å². The Morgan fingerprint density at radius 3 is 2.59 bits per heavy atom. The highest BCUT2D eigenvalue weighted by molar-refractivity contribution is 5.41. The number of aliphatic hydroxyl groups is 1. The molecule has 0 unspecified atom stereocenters. The van der Waals surface area contributed by atoms with Crippen molar-refractivity contribution in [3.63, 3.8) is 0 Å². The molecule has 1 aromatic rings. The molecule has 2 nitrogen and oxygen atoms in total. The van der Waals surface area contributed by atoms with Gasteiger partial charge in [-0.3, -0.25) is 0 Å². The van der Waals surface area contributed by atoms with E-state index in [4.69, 9.17) is 0 Å². The van der Waals surface area contributed by atoms with Crippen molar-refractivity contribution in [1.29, 1.82) is 0 Å². The topological polar surface area (TPSA) is 40.5 Å². The quantitative estimate of drug-likeness (QED) is 0.755. The summed E-state index contributed by atoms with van der Waals surface area (Å²) in [6, 6.07) is 6.03. The highest BCUT2D eigenvalue weighted by Gasteiger charge is 2.73. The molecule has 0 saturated heterocycles. The molecule has 4 aliphatic rings. The van der Waals surface area contributed by atoms with Crippen LogP contribution >= 0.6 is 0 Å². The fraction of sp³-hybridized carbons (Fsp3) is 0.700. The summed E-state index contributed by atoms with van der Waals surface area (Å²) in [5.74, 6) is 1.80. The SMILES string of the molecule is C[C@]12CC[C@@H]3c4ccc(O)cc4CC[C@H]3C13CCC2([16OH])CC3. The minimum Gasteiger partial charge on any atom is -0.508 e. The van der Waals surface area contributed by atoms with Gasteiger partial charge in [0.2, 0.25) is 0 Å². The average molecular weight is 298 g/mol. The van der Waals surface area contributed by atoms with Gasteiger partial charge < -0.3 is 10.2 Å². The smallest absolute Gasteiger partial charge is 0.115 e. The molecular formula is C20H26O2. The zero-order valence-corrected chi connectivity index (χ0v) is 13.4. The van der Waals surface area contributed by atoms with Crippen molar-refractivity contribution in [3.8, 4) is 5.75 Å². The van der Waals surface area contributed by atoms with Crippen molar-refractivity contribution in [3.05, 3.63) is 29.3 Å². The molecule has 0 aromatic heterocycles. The maximum Gasteiger partial charge on any atom is 0.115 e. The number of hydrogen-bond acceptors (Lipinski definition) is 2. The van der Waals surface area contributed by atoms with Gasteiger partial charge in [0.05, 0.1) is 5.60 Å². The van der Waals surface area contributed by atoms with Gasteiger partial charge in [-0.05, 0) is 91.9 Å². The summed E-state index contributed by atoms with van der Waals surface area (Å²) in [5.41, 5.74) is 3.00. The van der Waals surface area contributed by atoms with Crippen LogP contribution in [0.1, 0.15) is 68.9 Å². The van der Waals surface area contributed by atoms with Crippen molar-refractivity contribution >= 4 is 0 Å². The van der Waals surface area contributed by atoms with E-state index in [9.17, 15) is 10.2 Å². The van der Waals surface area contributed by atoms with Gasteiger partial charge in [-0.2, -0.15) is 0 Å². The van der Waals surface area contributed by atoms with Crippen LogP contribution in [0, 0.1) is 16.7 Å². The molecular weight excluding hydrogens is 272 g/mol. The monoisotopic (exact) mass is 298 g/mol. The van der Waals surface area contributed by atoms with Crippen LogP contribution in [-0.4, -0.2) is 15.8 Å². The Labute approximate surface area is 132 Å². The molecule has 22 heavy (non-hydrogen) atoms. The third-order valence-electron chi connectivity index (χ3n) is 8.50. The van der Waals surface area contributed by atoms with Gasteiger partial charge in [-0.25, -0.2) is 0 Å². The van der Waals surface area contributed by atoms with Crippen LogP contribution in [-0.2, 0) is 6.42 Å². The molecule has 3 saturated carbocycles. The first kappa shape index (κ1) is 13.4. The Kier molecular flexibility index (Phi) is 2.38. The van der Waals surface area contributed by atoms with Crippen molar-refractivity contribution in [2.24, 2.45) is 16.7 Å². The summed E-state index contributed by atoms with van der Waals surface area (Å²) in [6.07, 6.45) is 9.23. The summed E-state index contributed by atoms with van der Waals surface area (Å²) in [6.45, 7) is 2.40. The lowest BCUT2D eigenvalue weighted by atomic mass is 9.48. The van der Waals surface area contributed by atoms with E-state index in [0.717, 1.165) is 25.2 Å². The summed E-state index contributed by atoms with van der Waals surface area (Å²) < 4.78 is 0. The molecule has 3 fully saturated rings. The highest BCUT2D eigenvalue weighted by atomic mass is 16.3. The van der Waals surface area contributed by atoms with Gasteiger partial charge in [0.1, 0.15) is 5.75 Å². The second-order valence-corrected chi connectivity index (χ2v) is 8.69. The van der Waals surface area contributed by atoms with Gasteiger partial charge in [0, 0.05) is 5.41 Å². The van der Waals surface area contributed by atoms with Crippen LogP contribution in [0.2, 0.25) is 0 Å². The van der Waals surface area contributed by atoms with E-state index in [1.54, 1.807) is 0 Å². The fourth-order valence-electron chi connectivity index (χ4n) is 7.30. The predicted octanol–water partition coefficient (Wildman–Crippen LogP) is 4.14. The van der Waals surface area contributed by atoms with Crippen LogP contribution < -0.4 is 0 Å². The molecule has 118 valence electrons. The van der Waals surface area contributed by atoms with Crippen molar-refractivity contribution in [1.82, 2.24) is 0 Å². The lowest BCUT2D eigenvalue weighted by Gasteiger charge is -2.56. The molecule has 1 aromatic carbocycles. The maximum atomic E-state index is 11.2. The van der Waals surface area contributed by atoms with Gasteiger partial charge in [0.25, 0.3) is 0 Å². The number of benzene rings is 1. The number of aryl methyl sites for hydroxylation is 1. The maximum absolute atomic E-state index is 11.2. The van der Waals surface area contributed by atoms with E-state index >= 15 is 0 Å². The van der Waals surface area contributed by atoms with Gasteiger partial charge in [0.15, 0.2) is 0 Å². The van der Waals surface area contributed by atoms with E-state index in [0.29, 0.717) is 17.1 Å². The van der Waals surface area contributed by atoms with E-state index in [1.165, 1.54) is 43.2 Å². The zero-order valence-electron chi connectivity index (χ0n) is 13.4. The molecule has 0 aliphatic heterocycles. The highest BCUT2D eigenvalue weighted by Crippen LogP contribution is 2.77. The second-order valence-electron chi connectivity index (χ2n) is 8.69. The standard InChI is InChI=1S/C20H26O2/c1-18-7-6-16-15-4-3-14(21)12-13(15)2-5-17(16)19(18)8-10-20(18,22)11-9-19/h3-4,12,16-17,21-22H,2,5-11H2,1H3/t16-,17-,18+,19?,20?/m1/s1/i22+0. The lowest BCUT2D eigenvalue weighted by molar-refractivity contribution is -0.101. The van der Waals surface area contributed by atoms with Crippen LogP contribution in [0.5, 0.6) is 5.75 Å². The summed E-state index contributed by atoms with van der Waals surface area (Å²) >= 11 is 0. The molecule has 2 heteroatoms. The number of rotatable bonds is 0. The molecule has 0 heterocycles. The Morgan fingerprint density at radius 1 is 1.05 bits per heavy atom. The Bertz CT molecular complexity index is 641. The largest absolute Gasteiger partial charge is 0.508 e. The molecule has 3 atom stereocenters. The zero-order chi connectivity index (χ0) is 15.2. The van der Waals surface area contributed by atoms with Gasteiger partial charge >= 0.3 is 0 Å².